The highest BCUT2D eigenvalue weighted by Crippen LogP contribution is 2.38. The summed E-state index contributed by atoms with van der Waals surface area (Å²) in [7, 11) is 1.90. The Hall–Kier alpha value is -1.32. The quantitative estimate of drug-likeness (QED) is 0.812. The molecule has 0 radical (unpaired) electrons. The number of rotatable bonds is 6. The molecular weight excluding hydrogens is 224 g/mol. The van der Waals surface area contributed by atoms with E-state index in [9.17, 15) is 0 Å². The maximum Gasteiger partial charge on any atom is 0.136 e. The largest absolute Gasteiger partial charge is 0.373 e. The van der Waals surface area contributed by atoms with E-state index in [2.05, 4.69) is 41.4 Å². The molecule has 1 heterocycles. The van der Waals surface area contributed by atoms with E-state index in [4.69, 9.17) is 0 Å². The summed E-state index contributed by atoms with van der Waals surface area (Å²) in [5.74, 6) is 4.76. The molecule has 1 unspecified atom stereocenters. The van der Waals surface area contributed by atoms with Crippen LogP contribution in [0.3, 0.4) is 0 Å². The molecule has 1 fully saturated rings. The zero-order valence-corrected chi connectivity index (χ0v) is 11.8. The van der Waals surface area contributed by atoms with Crippen LogP contribution in [0.15, 0.2) is 6.07 Å². The van der Waals surface area contributed by atoms with Gasteiger partial charge in [0.05, 0.1) is 0 Å². The van der Waals surface area contributed by atoms with Crippen molar-refractivity contribution in [3.05, 3.63) is 11.9 Å². The average Bonchev–Trinajstić information content (AvgIpc) is 3.19. The van der Waals surface area contributed by atoms with E-state index < -0.39 is 0 Å². The SMILES string of the molecule is CNc1cc(NCC(C)C(C)C)nc(C2CC2)n1. The van der Waals surface area contributed by atoms with E-state index in [1.54, 1.807) is 0 Å². The highest BCUT2D eigenvalue weighted by Gasteiger charge is 2.27. The third kappa shape index (κ3) is 3.34. The van der Waals surface area contributed by atoms with Crippen LogP contribution in [0.2, 0.25) is 0 Å². The molecule has 1 aromatic rings. The number of nitrogens with one attached hydrogen (secondary N) is 2. The Bertz CT molecular complexity index is 399. The van der Waals surface area contributed by atoms with Gasteiger partial charge in [0, 0.05) is 25.6 Å². The average molecular weight is 248 g/mol. The number of hydrogen-bond acceptors (Lipinski definition) is 4. The molecule has 0 amide bonds. The van der Waals surface area contributed by atoms with Crippen LogP contribution in [-0.4, -0.2) is 23.6 Å². The molecule has 1 saturated carbocycles. The second-order valence-corrected chi connectivity index (χ2v) is 5.62. The normalized spacial score (nSPS) is 16.7. The van der Waals surface area contributed by atoms with Crippen LogP contribution in [0, 0.1) is 11.8 Å². The van der Waals surface area contributed by atoms with E-state index in [0.717, 1.165) is 24.0 Å². The Labute approximate surface area is 110 Å². The van der Waals surface area contributed by atoms with Gasteiger partial charge in [0.25, 0.3) is 0 Å². The van der Waals surface area contributed by atoms with Gasteiger partial charge in [0.1, 0.15) is 17.5 Å². The van der Waals surface area contributed by atoms with Crippen LogP contribution in [0.5, 0.6) is 0 Å². The summed E-state index contributed by atoms with van der Waals surface area (Å²) in [5.41, 5.74) is 0. The van der Waals surface area contributed by atoms with E-state index in [1.807, 2.05) is 13.1 Å². The Kier molecular flexibility index (Phi) is 4.04. The summed E-state index contributed by atoms with van der Waals surface area (Å²) < 4.78 is 0. The van der Waals surface area contributed by atoms with Crippen molar-refractivity contribution in [1.82, 2.24) is 9.97 Å². The van der Waals surface area contributed by atoms with Crippen molar-refractivity contribution < 1.29 is 0 Å². The van der Waals surface area contributed by atoms with Crippen LogP contribution < -0.4 is 10.6 Å². The molecule has 0 bridgehead atoms. The van der Waals surface area contributed by atoms with E-state index >= 15 is 0 Å². The standard InChI is InChI=1S/C14H24N4/c1-9(2)10(3)8-16-13-7-12(15-4)17-14(18-13)11-5-6-11/h7,9-11H,5-6,8H2,1-4H3,(H2,15,16,17,18). The Balaban J connectivity index is 2.04. The van der Waals surface area contributed by atoms with Gasteiger partial charge < -0.3 is 10.6 Å². The minimum absolute atomic E-state index is 0.585. The van der Waals surface area contributed by atoms with Crippen molar-refractivity contribution in [2.24, 2.45) is 11.8 Å². The van der Waals surface area contributed by atoms with Gasteiger partial charge in [-0.15, -0.1) is 0 Å². The number of anilines is 2. The van der Waals surface area contributed by atoms with Crippen LogP contribution in [0.4, 0.5) is 11.6 Å². The van der Waals surface area contributed by atoms with Crippen molar-refractivity contribution in [3.8, 4) is 0 Å². The molecule has 0 aliphatic heterocycles. The molecule has 0 spiro atoms. The number of nitrogens with zero attached hydrogens (tertiary/aromatic N) is 2. The fraction of sp³-hybridized carbons (Fsp3) is 0.714. The molecule has 1 aliphatic carbocycles. The predicted molar refractivity (Wildman–Crippen MR) is 76.0 cm³/mol. The summed E-state index contributed by atoms with van der Waals surface area (Å²) in [5, 5.41) is 6.54. The molecule has 2 rings (SSSR count). The lowest BCUT2D eigenvalue weighted by atomic mass is 9.98. The minimum atomic E-state index is 0.585. The Morgan fingerprint density at radius 1 is 1.22 bits per heavy atom. The highest BCUT2D eigenvalue weighted by atomic mass is 15.1. The lowest BCUT2D eigenvalue weighted by Crippen LogP contribution is -2.17. The summed E-state index contributed by atoms with van der Waals surface area (Å²) in [6.45, 7) is 7.73. The van der Waals surface area contributed by atoms with E-state index in [-0.39, 0.29) is 0 Å². The zero-order chi connectivity index (χ0) is 13.1. The first-order chi connectivity index (χ1) is 8.60. The summed E-state index contributed by atoms with van der Waals surface area (Å²) in [6.07, 6.45) is 2.46. The molecule has 1 aromatic heterocycles. The maximum atomic E-state index is 4.61. The smallest absolute Gasteiger partial charge is 0.136 e. The first-order valence-electron chi connectivity index (χ1n) is 6.90. The lowest BCUT2D eigenvalue weighted by molar-refractivity contribution is 0.439. The summed E-state index contributed by atoms with van der Waals surface area (Å²) >= 11 is 0. The van der Waals surface area contributed by atoms with Crippen LogP contribution >= 0.6 is 0 Å². The first-order valence-corrected chi connectivity index (χ1v) is 6.90. The fourth-order valence-corrected chi connectivity index (χ4v) is 1.71. The maximum absolute atomic E-state index is 4.61. The van der Waals surface area contributed by atoms with Crippen LogP contribution in [0.1, 0.15) is 45.4 Å². The molecule has 4 heteroatoms. The van der Waals surface area contributed by atoms with Gasteiger partial charge in [-0.05, 0) is 24.7 Å². The number of aromatic nitrogens is 2. The molecule has 100 valence electrons. The third-order valence-electron chi connectivity index (χ3n) is 3.69. The van der Waals surface area contributed by atoms with Crippen molar-refractivity contribution in [2.45, 2.75) is 39.5 Å². The van der Waals surface area contributed by atoms with Gasteiger partial charge in [-0.2, -0.15) is 0 Å². The molecule has 2 N–H and O–H groups in total. The fourth-order valence-electron chi connectivity index (χ4n) is 1.71. The van der Waals surface area contributed by atoms with Gasteiger partial charge in [-0.3, -0.25) is 0 Å². The third-order valence-corrected chi connectivity index (χ3v) is 3.69. The molecule has 18 heavy (non-hydrogen) atoms. The molecule has 0 saturated heterocycles. The van der Waals surface area contributed by atoms with Gasteiger partial charge >= 0.3 is 0 Å². The van der Waals surface area contributed by atoms with Crippen LogP contribution in [0.25, 0.3) is 0 Å². The first kappa shape index (κ1) is 13.1. The second-order valence-electron chi connectivity index (χ2n) is 5.62. The molecule has 1 aliphatic rings. The monoisotopic (exact) mass is 248 g/mol. The van der Waals surface area contributed by atoms with Gasteiger partial charge in [-0.25, -0.2) is 9.97 Å². The van der Waals surface area contributed by atoms with Gasteiger partial charge in [-0.1, -0.05) is 20.8 Å². The summed E-state index contributed by atoms with van der Waals surface area (Å²) in [6, 6.07) is 1.99. The van der Waals surface area contributed by atoms with Crippen LogP contribution in [-0.2, 0) is 0 Å². The molecule has 4 nitrogen and oxygen atoms in total. The van der Waals surface area contributed by atoms with Crippen molar-refractivity contribution >= 4 is 11.6 Å². The Morgan fingerprint density at radius 2 is 1.89 bits per heavy atom. The molecule has 1 atom stereocenters. The summed E-state index contributed by atoms with van der Waals surface area (Å²) in [4.78, 5) is 9.13. The Morgan fingerprint density at radius 3 is 2.44 bits per heavy atom. The second kappa shape index (κ2) is 5.55. The molecular formula is C14H24N4. The molecule has 0 aromatic carbocycles. The van der Waals surface area contributed by atoms with Crippen molar-refractivity contribution in [2.75, 3.05) is 24.2 Å². The van der Waals surface area contributed by atoms with E-state index in [0.29, 0.717) is 17.8 Å². The lowest BCUT2D eigenvalue weighted by Gasteiger charge is -2.17. The highest BCUT2D eigenvalue weighted by molar-refractivity contribution is 5.47. The van der Waals surface area contributed by atoms with Gasteiger partial charge in [0.2, 0.25) is 0 Å². The predicted octanol–water partition coefficient (Wildman–Crippen LogP) is 3.10. The van der Waals surface area contributed by atoms with Crippen molar-refractivity contribution in [3.63, 3.8) is 0 Å². The van der Waals surface area contributed by atoms with E-state index in [1.165, 1.54) is 12.8 Å². The topological polar surface area (TPSA) is 49.8 Å². The zero-order valence-electron chi connectivity index (χ0n) is 11.8. The number of hydrogen-bond donors (Lipinski definition) is 2. The van der Waals surface area contributed by atoms with Crippen molar-refractivity contribution in [1.29, 1.82) is 0 Å². The van der Waals surface area contributed by atoms with Gasteiger partial charge in [0.15, 0.2) is 0 Å². The minimum Gasteiger partial charge on any atom is -0.373 e.